The molecule has 2 nitrogen and oxygen atoms in total. The van der Waals surface area contributed by atoms with Gasteiger partial charge in [-0.3, -0.25) is 0 Å². The second kappa shape index (κ2) is 6.19. The maximum absolute atomic E-state index is 6.25. The quantitative estimate of drug-likeness (QED) is 0.917. The van der Waals surface area contributed by atoms with Gasteiger partial charge in [0.2, 0.25) is 0 Å². The van der Waals surface area contributed by atoms with E-state index in [1.165, 1.54) is 0 Å². The van der Waals surface area contributed by atoms with E-state index in [4.69, 9.17) is 22.1 Å². The maximum Gasteiger partial charge on any atom is 0.0595 e. The molecule has 0 spiro atoms. The number of hydrogen-bond acceptors (Lipinski definition) is 2. The van der Waals surface area contributed by atoms with Gasteiger partial charge in [0.05, 0.1) is 5.02 Å². The lowest BCUT2D eigenvalue weighted by atomic mass is 9.90. The molecule has 0 aliphatic carbocycles. The summed E-state index contributed by atoms with van der Waals surface area (Å²) in [5.74, 6) is 0.661. The number of hydrogen-bond donors (Lipinski definition) is 1. The number of rotatable bonds is 3. The van der Waals surface area contributed by atoms with E-state index in [1.54, 1.807) is 0 Å². The van der Waals surface area contributed by atoms with Gasteiger partial charge in [-0.15, -0.1) is 0 Å². The van der Waals surface area contributed by atoms with Crippen LogP contribution >= 0.6 is 27.5 Å². The molecule has 1 aromatic rings. The average Bonchev–Trinajstić information content (AvgIpc) is 2.34. The molecule has 0 amide bonds. The van der Waals surface area contributed by atoms with Crippen molar-refractivity contribution in [2.45, 2.75) is 25.3 Å². The molecule has 1 heterocycles. The predicted molar refractivity (Wildman–Crippen MR) is 74.2 cm³/mol. The lowest BCUT2D eigenvalue weighted by Gasteiger charge is -2.25. The average molecular weight is 319 g/mol. The highest BCUT2D eigenvalue weighted by Gasteiger charge is 2.19. The van der Waals surface area contributed by atoms with Crippen LogP contribution in [0, 0.1) is 5.92 Å². The molecule has 1 aliphatic heterocycles. The minimum Gasteiger partial charge on any atom is -0.381 e. The first-order chi connectivity index (χ1) is 8.18. The molecule has 94 valence electrons. The van der Waals surface area contributed by atoms with Crippen molar-refractivity contribution in [2.75, 3.05) is 13.2 Å². The molecule has 1 fully saturated rings. The Kier molecular flexibility index (Phi) is 4.86. The van der Waals surface area contributed by atoms with Gasteiger partial charge >= 0.3 is 0 Å². The summed E-state index contributed by atoms with van der Waals surface area (Å²) in [6, 6.07) is 5.95. The van der Waals surface area contributed by atoms with Crippen molar-refractivity contribution in [1.82, 2.24) is 0 Å². The number of benzene rings is 1. The maximum atomic E-state index is 6.25. The molecule has 2 N–H and O–H groups in total. The van der Waals surface area contributed by atoms with E-state index < -0.39 is 0 Å². The van der Waals surface area contributed by atoms with Crippen molar-refractivity contribution in [2.24, 2.45) is 11.7 Å². The van der Waals surface area contributed by atoms with Crippen LogP contribution < -0.4 is 5.73 Å². The van der Waals surface area contributed by atoms with Gasteiger partial charge in [-0.05, 0) is 52.7 Å². The van der Waals surface area contributed by atoms with Crippen LogP contribution in [0.5, 0.6) is 0 Å². The molecule has 1 aliphatic rings. The highest BCUT2D eigenvalue weighted by atomic mass is 79.9. The number of ether oxygens (including phenoxy) is 1. The summed E-state index contributed by atoms with van der Waals surface area (Å²) in [5, 5.41) is 0.743. The molecule has 2 rings (SSSR count). The van der Waals surface area contributed by atoms with Gasteiger partial charge in [-0.1, -0.05) is 23.7 Å². The van der Waals surface area contributed by atoms with Crippen molar-refractivity contribution >= 4 is 27.5 Å². The minimum atomic E-state index is 0.0168. The van der Waals surface area contributed by atoms with Gasteiger partial charge in [0.15, 0.2) is 0 Å². The summed E-state index contributed by atoms with van der Waals surface area (Å²) in [7, 11) is 0. The minimum absolute atomic E-state index is 0.0168. The van der Waals surface area contributed by atoms with Gasteiger partial charge in [-0.2, -0.15) is 0 Å². The summed E-state index contributed by atoms with van der Waals surface area (Å²) in [6.07, 6.45) is 3.21. The van der Waals surface area contributed by atoms with E-state index in [1.807, 2.05) is 18.2 Å². The van der Waals surface area contributed by atoms with E-state index in [2.05, 4.69) is 15.9 Å². The Morgan fingerprint density at radius 3 is 2.82 bits per heavy atom. The van der Waals surface area contributed by atoms with Gasteiger partial charge in [-0.25, -0.2) is 0 Å². The summed E-state index contributed by atoms with van der Waals surface area (Å²) >= 11 is 9.69. The standard InChI is InChI=1S/C13H17BrClNO/c14-11-3-1-2-10(13(11)15)12(16)8-9-4-6-17-7-5-9/h1-3,9,12H,4-8,16H2. The number of halogens is 2. The third-order valence-electron chi connectivity index (χ3n) is 3.31. The first kappa shape index (κ1) is 13.3. The molecule has 0 radical (unpaired) electrons. The van der Waals surface area contributed by atoms with Crippen molar-refractivity contribution in [3.63, 3.8) is 0 Å². The normalized spacial score (nSPS) is 19.2. The Bertz CT molecular complexity index is 380. The lowest BCUT2D eigenvalue weighted by Crippen LogP contribution is -2.21. The van der Waals surface area contributed by atoms with E-state index in [9.17, 15) is 0 Å². The van der Waals surface area contributed by atoms with E-state index in [-0.39, 0.29) is 6.04 Å². The molecular formula is C13H17BrClNO. The van der Waals surface area contributed by atoms with Crippen molar-refractivity contribution in [3.05, 3.63) is 33.3 Å². The molecule has 1 saturated heterocycles. The monoisotopic (exact) mass is 317 g/mol. The molecule has 0 aromatic heterocycles. The zero-order valence-electron chi connectivity index (χ0n) is 9.66. The SMILES string of the molecule is NC(CC1CCOCC1)c1cccc(Br)c1Cl. The first-order valence-electron chi connectivity index (χ1n) is 5.95. The van der Waals surface area contributed by atoms with Crippen molar-refractivity contribution in [3.8, 4) is 0 Å². The largest absolute Gasteiger partial charge is 0.381 e. The van der Waals surface area contributed by atoms with Gasteiger partial charge in [0.1, 0.15) is 0 Å². The summed E-state index contributed by atoms with van der Waals surface area (Å²) < 4.78 is 6.27. The van der Waals surface area contributed by atoms with Crippen LogP contribution in [0.3, 0.4) is 0 Å². The van der Waals surface area contributed by atoms with Crippen LogP contribution in [0.15, 0.2) is 22.7 Å². The van der Waals surface area contributed by atoms with Crippen LogP contribution in [0.2, 0.25) is 5.02 Å². The molecule has 1 atom stereocenters. The molecule has 4 heteroatoms. The predicted octanol–water partition coefficient (Wildman–Crippen LogP) is 3.92. The van der Waals surface area contributed by atoms with E-state index >= 15 is 0 Å². The van der Waals surface area contributed by atoms with Crippen LogP contribution in [-0.2, 0) is 4.74 Å². The third-order valence-corrected chi connectivity index (χ3v) is 4.62. The summed E-state index contributed by atoms with van der Waals surface area (Å²) in [4.78, 5) is 0. The van der Waals surface area contributed by atoms with E-state index in [0.29, 0.717) is 5.92 Å². The molecule has 1 aromatic carbocycles. The smallest absolute Gasteiger partial charge is 0.0595 e. The van der Waals surface area contributed by atoms with Crippen LogP contribution in [0.4, 0.5) is 0 Å². The first-order valence-corrected chi connectivity index (χ1v) is 7.13. The molecule has 1 unspecified atom stereocenters. The Labute approximate surface area is 116 Å². The fourth-order valence-corrected chi connectivity index (χ4v) is 2.92. The highest BCUT2D eigenvalue weighted by molar-refractivity contribution is 9.10. The molecule has 0 bridgehead atoms. The van der Waals surface area contributed by atoms with Gasteiger partial charge in [0, 0.05) is 23.7 Å². The zero-order chi connectivity index (χ0) is 12.3. The Balaban J connectivity index is 2.03. The zero-order valence-corrected chi connectivity index (χ0v) is 12.0. The van der Waals surface area contributed by atoms with E-state index in [0.717, 1.165) is 47.5 Å². The van der Waals surface area contributed by atoms with Crippen LogP contribution in [0.1, 0.15) is 30.9 Å². The number of nitrogens with two attached hydrogens (primary N) is 1. The fourth-order valence-electron chi connectivity index (χ4n) is 2.28. The van der Waals surface area contributed by atoms with Crippen LogP contribution in [0.25, 0.3) is 0 Å². The highest BCUT2D eigenvalue weighted by Crippen LogP contribution is 2.33. The molecule has 17 heavy (non-hydrogen) atoms. The van der Waals surface area contributed by atoms with Crippen molar-refractivity contribution < 1.29 is 4.74 Å². The topological polar surface area (TPSA) is 35.2 Å². The van der Waals surface area contributed by atoms with Crippen molar-refractivity contribution in [1.29, 1.82) is 0 Å². The molecule has 0 saturated carbocycles. The lowest BCUT2D eigenvalue weighted by molar-refractivity contribution is 0.0618. The Morgan fingerprint density at radius 2 is 2.12 bits per heavy atom. The summed E-state index contributed by atoms with van der Waals surface area (Å²) in [6.45, 7) is 1.73. The Hall–Kier alpha value is -0.0900. The second-order valence-electron chi connectivity index (χ2n) is 4.54. The van der Waals surface area contributed by atoms with Gasteiger partial charge in [0.25, 0.3) is 0 Å². The Morgan fingerprint density at radius 1 is 1.41 bits per heavy atom. The second-order valence-corrected chi connectivity index (χ2v) is 5.77. The third kappa shape index (κ3) is 3.44. The van der Waals surface area contributed by atoms with Gasteiger partial charge < -0.3 is 10.5 Å². The van der Waals surface area contributed by atoms with Crippen LogP contribution in [-0.4, -0.2) is 13.2 Å². The summed E-state index contributed by atoms with van der Waals surface area (Å²) in [5.41, 5.74) is 7.28. The molecular weight excluding hydrogens is 302 g/mol. The fraction of sp³-hybridized carbons (Fsp3) is 0.538.